The zero-order valence-corrected chi connectivity index (χ0v) is 13.8. The molecule has 0 aromatic heterocycles. The van der Waals surface area contributed by atoms with Crippen molar-refractivity contribution >= 4 is 6.09 Å². The number of amides is 1. The van der Waals surface area contributed by atoms with E-state index in [1.807, 2.05) is 26.8 Å². The van der Waals surface area contributed by atoms with Gasteiger partial charge in [0.05, 0.1) is 0 Å². The van der Waals surface area contributed by atoms with Gasteiger partial charge in [0, 0.05) is 12.1 Å². The van der Waals surface area contributed by atoms with E-state index < -0.39 is 5.60 Å². The number of alkyl carbamates (subject to hydrolysis) is 1. The number of nitrogens with one attached hydrogen (secondary N) is 1. The Morgan fingerprint density at radius 1 is 1.27 bits per heavy atom. The van der Waals surface area contributed by atoms with Crippen LogP contribution in [0.1, 0.15) is 45.6 Å². The van der Waals surface area contributed by atoms with Crippen molar-refractivity contribution in [2.24, 2.45) is 11.7 Å². The molecule has 3 N–H and O–H groups in total. The minimum absolute atomic E-state index is 0.156. The highest BCUT2D eigenvalue weighted by atomic mass is 16.6. The summed E-state index contributed by atoms with van der Waals surface area (Å²) in [5.74, 6) is 0.399. The molecule has 0 bridgehead atoms. The predicted octanol–water partition coefficient (Wildman–Crippen LogP) is 3.25. The van der Waals surface area contributed by atoms with E-state index >= 15 is 0 Å². The van der Waals surface area contributed by atoms with Crippen LogP contribution in [0.4, 0.5) is 4.79 Å². The topological polar surface area (TPSA) is 64.3 Å². The quantitative estimate of drug-likeness (QED) is 0.901. The van der Waals surface area contributed by atoms with Crippen LogP contribution in [0.15, 0.2) is 30.3 Å². The predicted molar refractivity (Wildman–Crippen MR) is 88.6 cm³/mol. The normalized spacial score (nSPS) is 25.5. The lowest BCUT2D eigenvalue weighted by Crippen LogP contribution is -2.47. The Kier molecular flexibility index (Phi) is 5.46. The highest BCUT2D eigenvalue weighted by Crippen LogP contribution is 2.27. The second kappa shape index (κ2) is 7.14. The summed E-state index contributed by atoms with van der Waals surface area (Å²) in [5.41, 5.74) is 7.12. The summed E-state index contributed by atoms with van der Waals surface area (Å²) >= 11 is 0. The van der Waals surface area contributed by atoms with Crippen molar-refractivity contribution < 1.29 is 9.53 Å². The number of rotatable bonds is 3. The molecule has 122 valence electrons. The molecular weight excluding hydrogens is 276 g/mol. The van der Waals surface area contributed by atoms with Crippen LogP contribution < -0.4 is 11.1 Å². The van der Waals surface area contributed by atoms with E-state index in [0.717, 1.165) is 25.7 Å². The number of carbonyl (C=O) groups is 1. The van der Waals surface area contributed by atoms with Crippen molar-refractivity contribution in [1.29, 1.82) is 0 Å². The van der Waals surface area contributed by atoms with Crippen molar-refractivity contribution in [1.82, 2.24) is 5.32 Å². The third-order valence-electron chi connectivity index (χ3n) is 4.10. The molecule has 4 heteroatoms. The van der Waals surface area contributed by atoms with Gasteiger partial charge in [-0.05, 0) is 57.9 Å². The number of hydrogen-bond acceptors (Lipinski definition) is 3. The Labute approximate surface area is 133 Å². The zero-order chi connectivity index (χ0) is 16.2. The molecule has 0 radical (unpaired) electrons. The first-order valence-corrected chi connectivity index (χ1v) is 8.12. The number of ether oxygens (including phenoxy) is 1. The molecule has 1 aromatic carbocycles. The van der Waals surface area contributed by atoms with Crippen molar-refractivity contribution in [2.45, 2.75) is 64.1 Å². The number of carbonyl (C=O) groups excluding carboxylic acids is 1. The van der Waals surface area contributed by atoms with Crippen molar-refractivity contribution in [3.8, 4) is 0 Å². The third-order valence-corrected chi connectivity index (χ3v) is 4.10. The highest BCUT2D eigenvalue weighted by molar-refractivity contribution is 5.68. The standard InChI is InChI=1S/C18H28N2O2/c1-18(2,3)22-17(21)20-15-9-10-16(19)14(12-15)11-13-7-5-4-6-8-13/h4-8,14-16H,9-12,19H2,1-3H3,(H,20,21)/t14-,15-,16+/m0/s1. The molecule has 1 aliphatic rings. The summed E-state index contributed by atoms with van der Waals surface area (Å²) in [6, 6.07) is 10.8. The van der Waals surface area contributed by atoms with Crippen LogP contribution >= 0.6 is 0 Å². The van der Waals surface area contributed by atoms with E-state index in [2.05, 4.69) is 29.6 Å². The Bertz CT molecular complexity index is 482. The van der Waals surface area contributed by atoms with Gasteiger partial charge in [-0.2, -0.15) is 0 Å². The Morgan fingerprint density at radius 2 is 1.95 bits per heavy atom. The van der Waals surface area contributed by atoms with Gasteiger partial charge < -0.3 is 15.8 Å². The Morgan fingerprint density at radius 3 is 2.59 bits per heavy atom. The third kappa shape index (κ3) is 5.34. The summed E-state index contributed by atoms with van der Waals surface area (Å²) in [6.45, 7) is 5.63. The van der Waals surface area contributed by atoms with E-state index in [4.69, 9.17) is 10.5 Å². The van der Waals surface area contributed by atoms with Crippen LogP contribution in [0.2, 0.25) is 0 Å². The first-order valence-electron chi connectivity index (χ1n) is 8.12. The van der Waals surface area contributed by atoms with Crippen LogP contribution in [0.5, 0.6) is 0 Å². The van der Waals surface area contributed by atoms with Crippen molar-refractivity contribution in [3.05, 3.63) is 35.9 Å². The molecule has 1 amide bonds. The summed E-state index contributed by atoms with van der Waals surface area (Å²) in [5, 5.41) is 3.00. The SMILES string of the molecule is CC(C)(C)OC(=O)N[C@H]1CC[C@@H](N)[C@@H](Cc2ccccc2)C1. The van der Waals surface area contributed by atoms with Gasteiger partial charge in [-0.3, -0.25) is 0 Å². The molecule has 0 aliphatic heterocycles. The summed E-state index contributed by atoms with van der Waals surface area (Å²) in [4.78, 5) is 11.9. The molecule has 2 rings (SSSR count). The first kappa shape index (κ1) is 16.8. The smallest absolute Gasteiger partial charge is 0.407 e. The summed E-state index contributed by atoms with van der Waals surface area (Å²) < 4.78 is 5.34. The van der Waals surface area contributed by atoms with Crippen LogP contribution in [0.3, 0.4) is 0 Å². The molecule has 1 saturated carbocycles. The second-order valence-electron chi connectivity index (χ2n) is 7.27. The molecule has 0 heterocycles. The fourth-order valence-electron chi connectivity index (χ4n) is 3.04. The van der Waals surface area contributed by atoms with Gasteiger partial charge in [0.15, 0.2) is 0 Å². The van der Waals surface area contributed by atoms with E-state index in [9.17, 15) is 4.79 Å². The average Bonchev–Trinajstić information content (AvgIpc) is 2.41. The average molecular weight is 304 g/mol. The van der Waals surface area contributed by atoms with E-state index in [0.29, 0.717) is 5.92 Å². The lowest BCUT2D eigenvalue weighted by molar-refractivity contribution is 0.0481. The van der Waals surface area contributed by atoms with Gasteiger partial charge in [0.1, 0.15) is 5.60 Å². The fraction of sp³-hybridized carbons (Fsp3) is 0.611. The molecule has 3 atom stereocenters. The lowest BCUT2D eigenvalue weighted by atomic mass is 9.79. The van der Waals surface area contributed by atoms with Crippen molar-refractivity contribution in [3.63, 3.8) is 0 Å². The van der Waals surface area contributed by atoms with Gasteiger partial charge in [-0.1, -0.05) is 30.3 Å². The van der Waals surface area contributed by atoms with Crippen LogP contribution in [0, 0.1) is 5.92 Å². The lowest BCUT2D eigenvalue weighted by Gasteiger charge is -2.35. The molecule has 22 heavy (non-hydrogen) atoms. The maximum Gasteiger partial charge on any atom is 0.407 e. The minimum Gasteiger partial charge on any atom is -0.444 e. The summed E-state index contributed by atoms with van der Waals surface area (Å²) in [7, 11) is 0. The summed E-state index contributed by atoms with van der Waals surface area (Å²) in [6.07, 6.45) is 3.42. The van der Waals surface area contributed by atoms with Crippen LogP contribution in [-0.4, -0.2) is 23.8 Å². The number of benzene rings is 1. The van der Waals surface area contributed by atoms with Crippen molar-refractivity contribution in [2.75, 3.05) is 0 Å². The molecule has 0 saturated heterocycles. The molecule has 1 fully saturated rings. The van der Waals surface area contributed by atoms with Gasteiger partial charge >= 0.3 is 6.09 Å². The van der Waals surface area contributed by atoms with E-state index in [1.54, 1.807) is 0 Å². The van der Waals surface area contributed by atoms with Gasteiger partial charge in [-0.25, -0.2) is 4.79 Å². The van der Waals surface area contributed by atoms with Gasteiger partial charge in [0.25, 0.3) is 0 Å². The molecule has 0 spiro atoms. The van der Waals surface area contributed by atoms with E-state index in [1.165, 1.54) is 5.56 Å². The molecule has 4 nitrogen and oxygen atoms in total. The van der Waals surface area contributed by atoms with E-state index in [-0.39, 0.29) is 18.2 Å². The fourth-order valence-corrected chi connectivity index (χ4v) is 3.04. The number of hydrogen-bond donors (Lipinski definition) is 2. The van der Waals surface area contributed by atoms with Crippen LogP contribution in [0.25, 0.3) is 0 Å². The molecule has 1 aromatic rings. The van der Waals surface area contributed by atoms with Gasteiger partial charge in [-0.15, -0.1) is 0 Å². The monoisotopic (exact) mass is 304 g/mol. The molecular formula is C18H28N2O2. The molecule has 0 unspecified atom stereocenters. The minimum atomic E-state index is -0.460. The Balaban J connectivity index is 1.89. The first-order chi connectivity index (χ1) is 10.3. The maximum absolute atomic E-state index is 11.9. The second-order valence-corrected chi connectivity index (χ2v) is 7.27. The number of nitrogens with two attached hydrogens (primary N) is 1. The largest absolute Gasteiger partial charge is 0.444 e. The highest BCUT2D eigenvalue weighted by Gasteiger charge is 2.30. The molecule has 1 aliphatic carbocycles. The maximum atomic E-state index is 11.9. The van der Waals surface area contributed by atoms with Gasteiger partial charge in [0.2, 0.25) is 0 Å². The zero-order valence-electron chi connectivity index (χ0n) is 13.8. The Hall–Kier alpha value is -1.55. The van der Waals surface area contributed by atoms with Crippen LogP contribution in [-0.2, 0) is 11.2 Å².